The number of halogens is 1. The quantitative estimate of drug-likeness (QED) is 0.891. The van der Waals surface area contributed by atoms with Crippen molar-refractivity contribution in [3.05, 3.63) is 40.7 Å². The summed E-state index contributed by atoms with van der Waals surface area (Å²) in [5, 5.41) is 3.85. The van der Waals surface area contributed by atoms with Gasteiger partial charge in [-0.25, -0.2) is 9.97 Å². The second-order valence-electron chi connectivity index (χ2n) is 4.00. The molecule has 2 aromatic rings. The number of nitrogens with two attached hydrogens (primary N) is 1. The Bertz CT molecular complexity index is 549. The van der Waals surface area contributed by atoms with Crippen LogP contribution in [0, 0.1) is 6.92 Å². The number of rotatable bonds is 3. The van der Waals surface area contributed by atoms with Crippen molar-refractivity contribution in [1.82, 2.24) is 9.97 Å². The Morgan fingerprint density at radius 2 is 2.11 bits per heavy atom. The van der Waals surface area contributed by atoms with Crippen LogP contribution in [0.1, 0.15) is 18.3 Å². The van der Waals surface area contributed by atoms with Gasteiger partial charge in [0.1, 0.15) is 17.5 Å². The Labute approximate surface area is 111 Å². The van der Waals surface area contributed by atoms with Crippen molar-refractivity contribution in [2.75, 3.05) is 11.1 Å². The second-order valence-corrected chi connectivity index (χ2v) is 4.41. The Kier molecular flexibility index (Phi) is 3.67. The molecule has 1 heterocycles. The lowest BCUT2D eigenvalue weighted by atomic mass is 10.2. The first-order chi connectivity index (χ1) is 8.60. The summed E-state index contributed by atoms with van der Waals surface area (Å²) in [5.41, 5.74) is 7.64. The van der Waals surface area contributed by atoms with Gasteiger partial charge in [-0.2, -0.15) is 0 Å². The van der Waals surface area contributed by atoms with Gasteiger partial charge in [0.2, 0.25) is 0 Å². The third kappa shape index (κ3) is 2.71. The molecule has 0 bridgehead atoms. The lowest BCUT2D eigenvalue weighted by Gasteiger charge is -2.11. The largest absolute Gasteiger partial charge is 0.384 e. The monoisotopic (exact) mass is 262 g/mol. The molecule has 0 unspecified atom stereocenters. The molecule has 0 saturated heterocycles. The van der Waals surface area contributed by atoms with Crippen LogP contribution in [0.15, 0.2) is 24.3 Å². The number of anilines is 3. The van der Waals surface area contributed by atoms with Crippen molar-refractivity contribution in [2.24, 2.45) is 0 Å². The number of aryl methyl sites for hydroxylation is 2. The Hall–Kier alpha value is -1.81. The molecule has 0 atom stereocenters. The number of para-hydroxylation sites is 1. The van der Waals surface area contributed by atoms with E-state index in [1.54, 1.807) is 6.07 Å². The van der Waals surface area contributed by atoms with E-state index in [1.165, 1.54) is 0 Å². The fourth-order valence-corrected chi connectivity index (χ4v) is 1.93. The summed E-state index contributed by atoms with van der Waals surface area (Å²) in [6.07, 6.45) is 0.737. The molecule has 0 fully saturated rings. The molecule has 18 heavy (non-hydrogen) atoms. The minimum atomic E-state index is 0.453. The molecule has 0 spiro atoms. The highest BCUT2D eigenvalue weighted by atomic mass is 35.5. The summed E-state index contributed by atoms with van der Waals surface area (Å²) in [6, 6.07) is 7.43. The van der Waals surface area contributed by atoms with E-state index in [-0.39, 0.29) is 0 Å². The molecular weight excluding hydrogens is 248 g/mol. The van der Waals surface area contributed by atoms with E-state index >= 15 is 0 Å². The van der Waals surface area contributed by atoms with Gasteiger partial charge in [0.15, 0.2) is 0 Å². The summed E-state index contributed by atoms with van der Waals surface area (Å²) in [6.45, 7) is 3.97. The number of nitrogen functional groups attached to an aromatic ring is 1. The van der Waals surface area contributed by atoms with Gasteiger partial charge in [0, 0.05) is 12.5 Å². The fraction of sp³-hybridized carbons (Fsp3) is 0.231. The lowest BCUT2D eigenvalue weighted by molar-refractivity contribution is 0.948. The topological polar surface area (TPSA) is 63.8 Å². The van der Waals surface area contributed by atoms with E-state index in [0.717, 1.165) is 17.7 Å². The van der Waals surface area contributed by atoms with Crippen LogP contribution in [0.4, 0.5) is 17.3 Å². The van der Waals surface area contributed by atoms with Crippen LogP contribution in [-0.4, -0.2) is 9.97 Å². The highest BCUT2D eigenvalue weighted by Crippen LogP contribution is 2.28. The summed E-state index contributed by atoms with van der Waals surface area (Å²) in [5.74, 6) is 1.83. The van der Waals surface area contributed by atoms with Crippen molar-refractivity contribution in [2.45, 2.75) is 20.3 Å². The number of nitrogens with zero attached hydrogens (tertiary/aromatic N) is 2. The smallest absolute Gasteiger partial charge is 0.136 e. The van der Waals surface area contributed by atoms with Crippen molar-refractivity contribution in [3.63, 3.8) is 0 Å². The first-order valence-corrected chi connectivity index (χ1v) is 6.13. The molecule has 94 valence electrons. The highest BCUT2D eigenvalue weighted by molar-refractivity contribution is 6.33. The number of nitrogens with one attached hydrogen (secondary N) is 1. The average Bonchev–Trinajstić information content (AvgIpc) is 2.33. The normalized spacial score (nSPS) is 10.4. The SMILES string of the molecule is CCc1nc(N)cc(Nc2c(C)cccc2Cl)n1. The molecule has 0 saturated carbocycles. The Morgan fingerprint density at radius 3 is 2.78 bits per heavy atom. The van der Waals surface area contributed by atoms with Gasteiger partial charge in [-0.1, -0.05) is 30.7 Å². The summed E-state index contributed by atoms with van der Waals surface area (Å²) < 4.78 is 0. The third-order valence-electron chi connectivity index (χ3n) is 2.58. The number of hydrogen-bond acceptors (Lipinski definition) is 4. The van der Waals surface area contributed by atoms with Gasteiger partial charge in [0.25, 0.3) is 0 Å². The van der Waals surface area contributed by atoms with Gasteiger partial charge >= 0.3 is 0 Å². The van der Waals surface area contributed by atoms with Crippen LogP contribution in [0.5, 0.6) is 0 Å². The maximum Gasteiger partial charge on any atom is 0.136 e. The van der Waals surface area contributed by atoms with E-state index < -0.39 is 0 Å². The maximum absolute atomic E-state index is 6.16. The van der Waals surface area contributed by atoms with E-state index in [2.05, 4.69) is 15.3 Å². The van der Waals surface area contributed by atoms with Crippen molar-refractivity contribution < 1.29 is 0 Å². The van der Waals surface area contributed by atoms with Gasteiger partial charge in [-0.3, -0.25) is 0 Å². The highest BCUT2D eigenvalue weighted by Gasteiger charge is 2.06. The van der Waals surface area contributed by atoms with Gasteiger partial charge in [-0.15, -0.1) is 0 Å². The van der Waals surface area contributed by atoms with Crippen molar-refractivity contribution >= 4 is 28.9 Å². The lowest BCUT2D eigenvalue weighted by Crippen LogP contribution is -2.03. The van der Waals surface area contributed by atoms with Crippen LogP contribution in [-0.2, 0) is 6.42 Å². The van der Waals surface area contributed by atoms with Crippen LogP contribution in [0.25, 0.3) is 0 Å². The fourth-order valence-electron chi connectivity index (χ4n) is 1.66. The predicted molar refractivity (Wildman–Crippen MR) is 75.3 cm³/mol. The predicted octanol–water partition coefficient (Wildman–Crippen LogP) is 3.33. The minimum Gasteiger partial charge on any atom is -0.384 e. The summed E-state index contributed by atoms with van der Waals surface area (Å²) in [4.78, 5) is 8.50. The molecule has 1 aromatic carbocycles. The van der Waals surface area contributed by atoms with Gasteiger partial charge < -0.3 is 11.1 Å². The first-order valence-electron chi connectivity index (χ1n) is 5.75. The standard InChI is InChI=1S/C13H15ClN4/c1-3-11-16-10(15)7-12(17-11)18-13-8(2)5-4-6-9(13)14/h4-7H,3H2,1-2H3,(H3,15,16,17,18). The number of aromatic nitrogens is 2. The molecule has 0 amide bonds. The summed E-state index contributed by atoms with van der Waals surface area (Å²) >= 11 is 6.16. The molecule has 0 aliphatic heterocycles. The van der Waals surface area contributed by atoms with E-state index in [4.69, 9.17) is 17.3 Å². The molecule has 5 heteroatoms. The maximum atomic E-state index is 6.16. The molecular formula is C13H15ClN4. The van der Waals surface area contributed by atoms with Crippen LogP contribution < -0.4 is 11.1 Å². The van der Waals surface area contributed by atoms with Crippen molar-refractivity contribution in [3.8, 4) is 0 Å². The minimum absolute atomic E-state index is 0.453. The second kappa shape index (κ2) is 5.23. The number of benzene rings is 1. The third-order valence-corrected chi connectivity index (χ3v) is 2.90. The molecule has 1 aromatic heterocycles. The molecule has 4 nitrogen and oxygen atoms in total. The first kappa shape index (κ1) is 12.6. The average molecular weight is 263 g/mol. The van der Waals surface area contributed by atoms with Gasteiger partial charge in [-0.05, 0) is 18.6 Å². The zero-order chi connectivity index (χ0) is 13.1. The van der Waals surface area contributed by atoms with Crippen molar-refractivity contribution in [1.29, 1.82) is 0 Å². The zero-order valence-electron chi connectivity index (χ0n) is 10.4. The molecule has 0 radical (unpaired) electrons. The number of hydrogen-bond donors (Lipinski definition) is 2. The molecule has 3 N–H and O–H groups in total. The zero-order valence-corrected chi connectivity index (χ0v) is 11.1. The van der Waals surface area contributed by atoms with E-state index in [0.29, 0.717) is 22.5 Å². The Morgan fingerprint density at radius 1 is 1.33 bits per heavy atom. The summed E-state index contributed by atoms with van der Waals surface area (Å²) in [7, 11) is 0. The molecule has 2 rings (SSSR count). The van der Waals surface area contributed by atoms with Crippen LogP contribution in [0.2, 0.25) is 5.02 Å². The molecule has 0 aliphatic rings. The Balaban J connectivity index is 2.37. The van der Waals surface area contributed by atoms with Crippen LogP contribution >= 0.6 is 11.6 Å². The molecule has 0 aliphatic carbocycles. The van der Waals surface area contributed by atoms with Crippen LogP contribution in [0.3, 0.4) is 0 Å². The van der Waals surface area contributed by atoms with E-state index in [9.17, 15) is 0 Å². The van der Waals surface area contributed by atoms with Gasteiger partial charge in [0.05, 0.1) is 10.7 Å². The van der Waals surface area contributed by atoms with E-state index in [1.807, 2.05) is 32.0 Å².